The number of aliphatic imine (C=N–C) groups is 2. The number of ether oxygens (including phenoxy) is 1. The lowest BCUT2D eigenvalue weighted by Gasteiger charge is -2.19. The monoisotopic (exact) mass is 282 g/mol. The molecule has 0 aromatic rings. The summed E-state index contributed by atoms with van der Waals surface area (Å²) in [5.74, 6) is -0.471. The minimum Gasteiger partial charge on any atom is -0.394 e. The highest BCUT2D eigenvalue weighted by atomic mass is 16.6. The number of aliphatic hydroxyl groups is 3. The van der Waals surface area contributed by atoms with Gasteiger partial charge in [-0.25, -0.2) is 4.99 Å². The molecule has 0 aromatic carbocycles. The minimum atomic E-state index is -1.23. The lowest BCUT2D eigenvalue weighted by atomic mass is 9.99. The first-order valence-corrected chi connectivity index (χ1v) is 6.07. The van der Waals surface area contributed by atoms with Gasteiger partial charge in [0.1, 0.15) is 24.4 Å². The van der Waals surface area contributed by atoms with Crippen LogP contribution in [0.25, 0.3) is 0 Å². The van der Waals surface area contributed by atoms with Crippen molar-refractivity contribution in [3.05, 3.63) is 11.3 Å². The second-order valence-electron chi connectivity index (χ2n) is 4.77. The van der Waals surface area contributed by atoms with E-state index in [0.717, 1.165) is 0 Å². The Kier molecular flexibility index (Phi) is 3.05. The summed E-state index contributed by atoms with van der Waals surface area (Å²) in [4.78, 5) is 19.7. The Hall–Kier alpha value is -1.81. The number of amides is 1. The molecule has 0 radical (unpaired) electrons. The van der Waals surface area contributed by atoms with Crippen LogP contribution in [0.3, 0.4) is 0 Å². The summed E-state index contributed by atoms with van der Waals surface area (Å²) >= 11 is 0. The van der Waals surface area contributed by atoms with Gasteiger partial charge in [-0.1, -0.05) is 0 Å². The van der Waals surface area contributed by atoms with Gasteiger partial charge in [-0.05, 0) is 0 Å². The van der Waals surface area contributed by atoms with Crippen LogP contribution in [-0.2, 0) is 9.53 Å². The van der Waals surface area contributed by atoms with Crippen LogP contribution in [0.4, 0.5) is 0 Å². The Bertz CT molecular complexity index is 543. The van der Waals surface area contributed by atoms with E-state index in [1.165, 1.54) is 6.21 Å². The Balaban J connectivity index is 1.96. The highest BCUT2D eigenvalue weighted by Crippen LogP contribution is 2.32. The molecule has 0 aromatic heterocycles. The van der Waals surface area contributed by atoms with E-state index in [1.807, 2.05) is 0 Å². The molecule has 6 N–H and O–H groups in total. The third kappa shape index (κ3) is 1.83. The summed E-state index contributed by atoms with van der Waals surface area (Å²) in [5.41, 5.74) is 6.17. The van der Waals surface area contributed by atoms with Gasteiger partial charge in [0.2, 0.25) is 0 Å². The van der Waals surface area contributed by atoms with Crippen LogP contribution in [-0.4, -0.2) is 70.5 Å². The van der Waals surface area contributed by atoms with Crippen LogP contribution < -0.4 is 11.1 Å². The fourth-order valence-electron chi connectivity index (χ4n) is 2.50. The molecular weight excluding hydrogens is 268 g/mol. The predicted molar refractivity (Wildman–Crippen MR) is 66.8 cm³/mol. The molecule has 0 aliphatic carbocycles. The zero-order valence-electron chi connectivity index (χ0n) is 10.3. The van der Waals surface area contributed by atoms with E-state index in [1.54, 1.807) is 0 Å². The fourth-order valence-corrected chi connectivity index (χ4v) is 2.50. The Morgan fingerprint density at radius 1 is 1.40 bits per heavy atom. The van der Waals surface area contributed by atoms with Crippen molar-refractivity contribution in [2.45, 2.75) is 30.5 Å². The fraction of sp³-hybridized carbons (Fsp3) is 0.545. The van der Waals surface area contributed by atoms with Gasteiger partial charge in [0.15, 0.2) is 12.0 Å². The molecule has 0 saturated carbocycles. The summed E-state index contributed by atoms with van der Waals surface area (Å²) in [7, 11) is 0. The van der Waals surface area contributed by atoms with Gasteiger partial charge < -0.3 is 25.8 Å². The van der Waals surface area contributed by atoms with E-state index in [-0.39, 0.29) is 5.96 Å². The van der Waals surface area contributed by atoms with Crippen molar-refractivity contribution in [3.8, 4) is 0 Å². The molecule has 5 unspecified atom stereocenters. The molecule has 0 bridgehead atoms. The number of hydrogen-bond donors (Lipinski definition) is 5. The number of rotatable bonds is 2. The number of carbonyl (C=O) groups is 1. The zero-order chi connectivity index (χ0) is 14.4. The highest BCUT2D eigenvalue weighted by Gasteiger charge is 2.47. The molecule has 20 heavy (non-hydrogen) atoms. The van der Waals surface area contributed by atoms with Gasteiger partial charge in [0.25, 0.3) is 5.91 Å². The second-order valence-corrected chi connectivity index (χ2v) is 4.77. The first kappa shape index (κ1) is 13.2. The molecule has 5 atom stereocenters. The third-order valence-corrected chi connectivity index (χ3v) is 3.51. The lowest BCUT2D eigenvalue weighted by Crippen LogP contribution is -2.46. The zero-order valence-corrected chi connectivity index (χ0v) is 10.3. The van der Waals surface area contributed by atoms with Crippen molar-refractivity contribution in [3.63, 3.8) is 0 Å². The van der Waals surface area contributed by atoms with Crippen molar-refractivity contribution in [1.82, 2.24) is 5.32 Å². The van der Waals surface area contributed by atoms with Gasteiger partial charge in [-0.2, -0.15) is 0 Å². The van der Waals surface area contributed by atoms with Gasteiger partial charge in [0.05, 0.1) is 12.3 Å². The van der Waals surface area contributed by atoms with Gasteiger partial charge in [-0.15, -0.1) is 0 Å². The van der Waals surface area contributed by atoms with Crippen LogP contribution in [0.2, 0.25) is 0 Å². The van der Waals surface area contributed by atoms with Crippen LogP contribution >= 0.6 is 0 Å². The number of nitrogens with two attached hydrogens (primary N) is 1. The molecule has 9 nitrogen and oxygen atoms in total. The molecule has 3 aliphatic heterocycles. The van der Waals surface area contributed by atoms with Gasteiger partial charge >= 0.3 is 0 Å². The van der Waals surface area contributed by atoms with Crippen molar-refractivity contribution >= 4 is 18.1 Å². The summed E-state index contributed by atoms with van der Waals surface area (Å²) in [6.45, 7) is -0.427. The number of aliphatic hydroxyl groups excluding tert-OH is 3. The number of guanidine groups is 1. The number of fused-ring (bicyclic) bond motifs is 1. The molecule has 3 aliphatic rings. The second kappa shape index (κ2) is 4.63. The van der Waals surface area contributed by atoms with Crippen LogP contribution in [0.15, 0.2) is 21.3 Å². The topological polar surface area (TPSA) is 150 Å². The van der Waals surface area contributed by atoms with E-state index >= 15 is 0 Å². The van der Waals surface area contributed by atoms with E-state index in [0.29, 0.717) is 11.3 Å². The SMILES string of the molecule is NC1=NC2=C(C3OC(CO)C(O)C3O)C=NC2C(=O)N1. The first-order valence-electron chi connectivity index (χ1n) is 6.07. The standard InChI is InChI=1S/C11H14N4O5/c12-11-14-5-3(1-13-6(5)10(19)15-11)9-8(18)7(17)4(2-16)20-9/h1,4,6-9,16-18H,2H2,(H3,12,14,15,19). The Morgan fingerprint density at radius 2 is 2.15 bits per heavy atom. The number of hydrogen-bond acceptors (Lipinski definition) is 8. The molecule has 3 heterocycles. The van der Waals surface area contributed by atoms with E-state index < -0.39 is 43.0 Å². The predicted octanol–water partition coefficient (Wildman–Crippen LogP) is -3.38. The molecule has 1 saturated heterocycles. The number of carbonyl (C=O) groups excluding carboxylic acids is 1. The van der Waals surface area contributed by atoms with E-state index in [9.17, 15) is 15.0 Å². The maximum atomic E-state index is 11.7. The van der Waals surface area contributed by atoms with Crippen molar-refractivity contribution in [2.75, 3.05) is 6.61 Å². The molecular formula is C11H14N4O5. The highest BCUT2D eigenvalue weighted by molar-refractivity contribution is 6.06. The molecule has 9 heteroatoms. The maximum absolute atomic E-state index is 11.7. The molecule has 0 spiro atoms. The van der Waals surface area contributed by atoms with E-state index in [2.05, 4.69) is 15.3 Å². The average Bonchev–Trinajstić information content (AvgIpc) is 2.93. The summed E-state index contributed by atoms with van der Waals surface area (Å²) in [6, 6.07) is -0.821. The summed E-state index contributed by atoms with van der Waals surface area (Å²) in [6.07, 6.45) is -2.88. The normalized spacial score (nSPS) is 39.9. The van der Waals surface area contributed by atoms with Crippen LogP contribution in [0.5, 0.6) is 0 Å². The van der Waals surface area contributed by atoms with Gasteiger partial charge in [-0.3, -0.25) is 15.1 Å². The van der Waals surface area contributed by atoms with Crippen molar-refractivity contribution in [2.24, 2.45) is 15.7 Å². The summed E-state index contributed by atoms with van der Waals surface area (Å²) < 4.78 is 5.40. The van der Waals surface area contributed by atoms with E-state index in [4.69, 9.17) is 15.6 Å². The van der Waals surface area contributed by atoms with Crippen LogP contribution in [0, 0.1) is 0 Å². The smallest absolute Gasteiger partial charge is 0.257 e. The number of nitrogens with zero attached hydrogens (tertiary/aromatic N) is 2. The maximum Gasteiger partial charge on any atom is 0.257 e. The Morgan fingerprint density at radius 3 is 2.80 bits per heavy atom. The largest absolute Gasteiger partial charge is 0.394 e. The van der Waals surface area contributed by atoms with Crippen LogP contribution in [0.1, 0.15) is 0 Å². The quantitative estimate of drug-likeness (QED) is 0.356. The first-order chi connectivity index (χ1) is 9.52. The molecule has 3 rings (SSSR count). The molecule has 108 valence electrons. The lowest BCUT2D eigenvalue weighted by molar-refractivity contribution is -0.120. The van der Waals surface area contributed by atoms with Gasteiger partial charge in [0, 0.05) is 11.8 Å². The number of nitrogens with one attached hydrogen (secondary N) is 1. The minimum absolute atomic E-state index is 0.0593. The van der Waals surface area contributed by atoms with Crippen molar-refractivity contribution < 1.29 is 24.9 Å². The average molecular weight is 282 g/mol. The Labute approximate surface area is 113 Å². The molecule has 1 fully saturated rings. The molecule has 1 amide bonds. The third-order valence-electron chi connectivity index (χ3n) is 3.51. The summed E-state index contributed by atoms with van der Waals surface area (Å²) in [5, 5.41) is 31.1. The van der Waals surface area contributed by atoms with Crippen molar-refractivity contribution in [1.29, 1.82) is 0 Å².